The topological polar surface area (TPSA) is 106 Å². The van der Waals surface area contributed by atoms with Gasteiger partial charge in [-0.05, 0) is 39.0 Å². The number of carbonyl (C=O) groups excluding carboxylic acids is 2. The standard InChI is InChI=1S/C19H18N4O4/c1-11-9-16(24)17(22-23(11)14-7-5-4-6-8-14)19(26)21-20-18(25)15-10-12(2)27-13(15)3/h4-10H,1-3H3,(H,20,25)(H,21,26). The molecule has 0 radical (unpaired) electrons. The van der Waals surface area contributed by atoms with Crippen LogP contribution < -0.4 is 16.3 Å². The van der Waals surface area contributed by atoms with E-state index in [1.54, 1.807) is 39.0 Å². The predicted molar refractivity (Wildman–Crippen MR) is 97.7 cm³/mol. The summed E-state index contributed by atoms with van der Waals surface area (Å²) in [5, 5.41) is 4.14. The molecule has 1 aromatic carbocycles. The van der Waals surface area contributed by atoms with Gasteiger partial charge in [-0.25, -0.2) is 4.68 Å². The molecule has 27 heavy (non-hydrogen) atoms. The number of amides is 2. The van der Waals surface area contributed by atoms with Gasteiger partial charge in [-0.15, -0.1) is 0 Å². The summed E-state index contributed by atoms with van der Waals surface area (Å²) in [6.45, 7) is 5.07. The van der Waals surface area contributed by atoms with E-state index in [0.717, 1.165) is 0 Å². The lowest BCUT2D eigenvalue weighted by Crippen LogP contribution is -2.44. The second kappa shape index (κ2) is 7.28. The summed E-state index contributed by atoms with van der Waals surface area (Å²) in [5.74, 6) is -0.349. The van der Waals surface area contributed by atoms with Crippen molar-refractivity contribution >= 4 is 11.8 Å². The summed E-state index contributed by atoms with van der Waals surface area (Å²) in [6, 6.07) is 12.0. The number of hydrazine groups is 1. The molecule has 0 saturated heterocycles. The van der Waals surface area contributed by atoms with Gasteiger partial charge < -0.3 is 4.42 Å². The van der Waals surface area contributed by atoms with Crippen molar-refractivity contribution in [3.05, 3.63) is 81.2 Å². The fourth-order valence-electron chi connectivity index (χ4n) is 2.63. The van der Waals surface area contributed by atoms with Gasteiger partial charge in [0.25, 0.3) is 11.8 Å². The Labute approximate surface area is 154 Å². The molecule has 8 heteroatoms. The lowest BCUT2D eigenvalue weighted by molar-refractivity contribution is 0.0841. The molecule has 3 aromatic rings. The molecule has 0 aliphatic heterocycles. The molecule has 2 aromatic heterocycles. The molecule has 0 unspecified atom stereocenters. The minimum Gasteiger partial charge on any atom is -0.466 e. The second-order valence-corrected chi connectivity index (χ2v) is 5.98. The van der Waals surface area contributed by atoms with Gasteiger partial charge in [0.2, 0.25) is 5.43 Å². The van der Waals surface area contributed by atoms with Gasteiger partial charge in [0.05, 0.1) is 11.3 Å². The normalized spacial score (nSPS) is 10.5. The Kier molecular flexibility index (Phi) is 4.89. The van der Waals surface area contributed by atoms with Crippen molar-refractivity contribution < 1.29 is 14.0 Å². The number of aromatic nitrogens is 2. The monoisotopic (exact) mass is 366 g/mol. The van der Waals surface area contributed by atoms with E-state index in [9.17, 15) is 14.4 Å². The number of aryl methyl sites for hydroxylation is 3. The van der Waals surface area contributed by atoms with E-state index < -0.39 is 17.2 Å². The molecule has 2 heterocycles. The van der Waals surface area contributed by atoms with Crippen molar-refractivity contribution in [2.45, 2.75) is 20.8 Å². The highest BCUT2D eigenvalue weighted by Gasteiger charge is 2.18. The Morgan fingerprint density at radius 3 is 2.30 bits per heavy atom. The minimum absolute atomic E-state index is 0.298. The molecule has 0 spiro atoms. The van der Waals surface area contributed by atoms with E-state index in [1.807, 2.05) is 18.2 Å². The third-order valence-electron chi connectivity index (χ3n) is 3.90. The number of para-hydroxylation sites is 1. The third-order valence-corrected chi connectivity index (χ3v) is 3.90. The highest BCUT2D eigenvalue weighted by Crippen LogP contribution is 2.13. The lowest BCUT2D eigenvalue weighted by atomic mass is 10.2. The summed E-state index contributed by atoms with van der Waals surface area (Å²) in [4.78, 5) is 36.7. The first-order valence-corrected chi connectivity index (χ1v) is 8.21. The fourth-order valence-corrected chi connectivity index (χ4v) is 2.63. The fraction of sp³-hybridized carbons (Fsp3) is 0.158. The molecule has 2 amide bonds. The van der Waals surface area contributed by atoms with Crippen LogP contribution in [0.5, 0.6) is 0 Å². The van der Waals surface area contributed by atoms with Crippen LogP contribution in [-0.4, -0.2) is 21.6 Å². The van der Waals surface area contributed by atoms with Crippen LogP contribution in [0.1, 0.15) is 38.1 Å². The Bertz CT molecular complexity index is 1070. The van der Waals surface area contributed by atoms with Crippen LogP contribution in [0.4, 0.5) is 0 Å². The maximum absolute atomic E-state index is 12.4. The highest BCUT2D eigenvalue weighted by molar-refractivity contribution is 5.98. The zero-order chi connectivity index (χ0) is 19.6. The van der Waals surface area contributed by atoms with E-state index in [-0.39, 0.29) is 5.69 Å². The van der Waals surface area contributed by atoms with E-state index in [0.29, 0.717) is 28.5 Å². The van der Waals surface area contributed by atoms with Gasteiger partial charge in [-0.2, -0.15) is 5.10 Å². The van der Waals surface area contributed by atoms with E-state index in [4.69, 9.17) is 4.42 Å². The maximum Gasteiger partial charge on any atom is 0.294 e. The van der Waals surface area contributed by atoms with Crippen molar-refractivity contribution in [2.75, 3.05) is 0 Å². The average molecular weight is 366 g/mol. The number of nitrogens with zero attached hydrogens (tertiary/aromatic N) is 2. The van der Waals surface area contributed by atoms with Crippen molar-refractivity contribution in [3.63, 3.8) is 0 Å². The second-order valence-electron chi connectivity index (χ2n) is 5.98. The van der Waals surface area contributed by atoms with Gasteiger partial charge in [-0.1, -0.05) is 18.2 Å². The Balaban J connectivity index is 1.81. The van der Waals surface area contributed by atoms with E-state index in [2.05, 4.69) is 16.0 Å². The molecule has 0 fully saturated rings. The molecule has 2 N–H and O–H groups in total. The van der Waals surface area contributed by atoms with Gasteiger partial charge in [0, 0.05) is 11.8 Å². The SMILES string of the molecule is Cc1cc(C(=O)NNC(=O)c2nn(-c3ccccc3)c(C)cc2=O)c(C)o1. The van der Waals surface area contributed by atoms with Crippen molar-refractivity contribution in [1.29, 1.82) is 0 Å². The van der Waals surface area contributed by atoms with Crippen LogP contribution in [0.2, 0.25) is 0 Å². The average Bonchev–Trinajstić information content (AvgIpc) is 2.98. The Hall–Kier alpha value is -3.68. The molecular formula is C19H18N4O4. The number of hydrogen-bond donors (Lipinski definition) is 2. The zero-order valence-electron chi connectivity index (χ0n) is 15.1. The van der Waals surface area contributed by atoms with E-state index >= 15 is 0 Å². The van der Waals surface area contributed by atoms with Gasteiger partial charge in [0.15, 0.2) is 5.69 Å². The van der Waals surface area contributed by atoms with E-state index in [1.165, 1.54) is 10.7 Å². The van der Waals surface area contributed by atoms with Crippen LogP contribution in [-0.2, 0) is 0 Å². The molecule has 8 nitrogen and oxygen atoms in total. The maximum atomic E-state index is 12.4. The number of carbonyl (C=O) groups is 2. The van der Waals surface area contributed by atoms with Gasteiger partial charge in [-0.3, -0.25) is 25.2 Å². The van der Waals surface area contributed by atoms with Crippen LogP contribution in [0.15, 0.2) is 51.7 Å². The molecule has 0 saturated carbocycles. The number of hydrogen-bond acceptors (Lipinski definition) is 5. The molecule has 0 aliphatic rings. The summed E-state index contributed by atoms with van der Waals surface area (Å²) in [7, 11) is 0. The smallest absolute Gasteiger partial charge is 0.294 e. The third kappa shape index (κ3) is 3.79. The Morgan fingerprint density at radius 2 is 1.67 bits per heavy atom. The van der Waals surface area contributed by atoms with Crippen molar-refractivity contribution in [3.8, 4) is 5.69 Å². The zero-order valence-corrected chi connectivity index (χ0v) is 15.1. The van der Waals surface area contributed by atoms with Crippen molar-refractivity contribution in [2.24, 2.45) is 0 Å². The summed E-state index contributed by atoms with van der Waals surface area (Å²) >= 11 is 0. The quantitative estimate of drug-likeness (QED) is 0.688. The molecule has 138 valence electrons. The Morgan fingerprint density at radius 1 is 1.00 bits per heavy atom. The first-order valence-electron chi connectivity index (χ1n) is 8.21. The first-order chi connectivity index (χ1) is 12.9. The number of furan rings is 1. The number of nitrogens with one attached hydrogen (secondary N) is 2. The predicted octanol–water partition coefficient (Wildman–Crippen LogP) is 1.83. The van der Waals surface area contributed by atoms with Crippen LogP contribution >= 0.6 is 0 Å². The van der Waals surface area contributed by atoms with Gasteiger partial charge >= 0.3 is 0 Å². The number of rotatable bonds is 3. The van der Waals surface area contributed by atoms with Crippen LogP contribution in [0.3, 0.4) is 0 Å². The lowest BCUT2D eigenvalue weighted by Gasteiger charge is -2.11. The molecule has 0 aliphatic carbocycles. The molecule has 0 atom stereocenters. The molecule has 0 bridgehead atoms. The van der Waals surface area contributed by atoms with Crippen LogP contribution in [0, 0.1) is 20.8 Å². The largest absolute Gasteiger partial charge is 0.466 e. The summed E-state index contributed by atoms with van der Waals surface area (Å²) in [5.41, 5.74) is 5.20. The highest BCUT2D eigenvalue weighted by atomic mass is 16.3. The number of benzene rings is 1. The van der Waals surface area contributed by atoms with Crippen molar-refractivity contribution in [1.82, 2.24) is 20.6 Å². The summed E-state index contributed by atoms with van der Waals surface area (Å²) < 4.78 is 6.77. The first kappa shape index (κ1) is 18.1. The van der Waals surface area contributed by atoms with Gasteiger partial charge in [0.1, 0.15) is 11.5 Å². The minimum atomic E-state index is -0.809. The molecular weight excluding hydrogens is 348 g/mol. The van der Waals surface area contributed by atoms with Crippen LogP contribution in [0.25, 0.3) is 5.69 Å². The summed E-state index contributed by atoms with van der Waals surface area (Å²) in [6.07, 6.45) is 0. The molecule has 3 rings (SSSR count).